The second-order valence-corrected chi connectivity index (χ2v) is 4.76. The fraction of sp³-hybridized carbons (Fsp3) is 0.417. The Morgan fingerprint density at radius 1 is 1.41 bits per heavy atom. The molecular formula is C12H14ClNO3. The minimum atomic E-state index is -0.749. The van der Waals surface area contributed by atoms with Crippen molar-refractivity contribution >= 4 is 17.4 Å². The first kappa shape index (κ1) is 12.2. The second kappa shape index (κ2) is 4.20. The van der Waals surface area contributed by atoms with Gasteiger partial charge in [-0.25, -0.2) is 0 Å². The van der Waals surface area contributed by atoms with Gasteiger partial charge in [-0.3, -0.25) is 4.79 Å². The van der Waals surface area contributed by atoms with Crippen LogP contribution in [0.2, 0.25) is 5.02 Å². The van der Waals surface area contributed by atoms with Crippen LogP contribution < -0.4 is 15.2 Å². The maximum absolute atomic E-state index is 11.7. The predicted octanol–water partition coefficient (Wildman–Crippen LogP) is 2.38. The van der Waals surface area contributed by atoms with Gasteiger partial charge in [-0.2, -0.15) is 0 Å². The maximum atomic E-state index is 11.7. The van der Waals surface area contributed by atoms with Crippen LogP contribution in [0.25, 0.3) is 0 Å². The van der Waals surface area contributed by atoms with Crippen LogP contribution in [-0.2, 0) is 0 Å². The number of ether oxygens (including phenoxy) is 2. The van der Waals surface area contributed by atoms with Crippen LogP contribution in [0.4, 0.5) is 0 Å². The molecule has 0 aromatic heterocycles. The number of fused-ring (bicyclic) bond motifs is 1. The summed E-state index contributed by atoms with van der Waals surface area (Å²) >= 11 is 6.06. The molecular weight excluding hydrogens is 242 g/mol. The summed E-state index contributed by atoms with van der Waals surface area (Å²) in [4.78, 5) is 11.7. The quantitative estimate of drug-likeness (QED) is 0.843. The van der Waals surface area contributed by atoms with Gasteiger partial charge in [0.2, 0.25) is 5.79 Å². The molecule has 0 fully saturated rings. The van der Waals surface area contributed by atoms with Crippen LogP contribution in [0.15, 0.2) is 12.1 Å². The second-order valence-electron chi connectivity index (χ2n) is 4.35. The van der Waals surface area contributed by atoms with Gasteiger partial charge in [0.1, 0.15) is 0 Å². The molecule has 1 aromatic carbocycles. The summed E-state index contributed by atoms with van der Waals surface area (Å²) in [6, 6.07) is 3.23. The lowest BCUT2D eigenvalue weighted by Gasteiger charge is -2.16. The number of rotatable bonds is 3. The minimum Gasteiger partial charge on any atom is -0.449 e. The summed E-state index contributed by atoms with van der Waals surface area (Å²) in [6.07, 6.45) is 0.291. The molecule has 0 saturated carbocycles. The standard InChI is InChI=1S/C12H14ClNO3/c1-12(2)16-10-6-7(9(15)3-4-14)5-8(13)11(10)17-12/h5-6H,3-4,14H2,1-2H3. The van der Waals surface area contributed by atoms with Gasteiger partial charge in [-0.1, -0.05) is 11.6 Å². The van der Waals surface area contributed by atoms with Crippen molar-refractivity contribution in [3.8, 4) is 11.5 Å². The molecule has 0 radical (unpaired) electrons. The van der Waals surface area contributed by atoms with Crippen LogP contribution in [0, 0.1) is 0 Å². The van der Waals surface area contributed by atoms with E-state index in [1.807, 2.05) is 0 Å². The van der Waals surface area contributed by atoms with Crippen LogP contribution in [-0.4, -0.2) is 18.1 Å². The first-order chi connectivity index (χ1) is 7.93. The molecule has 2 N–H and O–H groups in total. The molecule has 5 heteroatoms. The Morgan fingerprint density at radius 3 is 2.76 bits per heavy atom. The summed E-state index contributed by atoms with van der Waals surface area (Å²) in [7, 11) is 0. The molecule has 1 aromatic rings. The number of benzene rings is 1. The SMILES string of the molecule is CC1(C)Oc2cc(C(=O)CCN)cc(Cl)c2O1. The largest absolute Gasteiger partial charge is 0.449 e. The number of Topliss-reactive ketones (excluding diaryl/α,β-unsaturated/α-hetero) is 1. The lowest BCUT2D eigenvalue weighted by Crippen LogP contribution is -2.29. The van der Waals surface area contributed by atoms with Gasteiger partial charge in [-0.15, -0.1) is 0 Å². The molecule has 1 aliphatic rings. The van der Waals surface area contributed by atoms with Gasteiger partial charge in [-0.05, 0) is 18.7 Å². The van der Waals surface area contributed by atoms with Crippen LogP contribution >= 0.6 is 11.6 Å². The Balaban J connectivity index is 2.37. The molecule has 1 heterocycles. The van der Waals surface area contributed by atoms with Crippen molar-refractivity contribution in [1.29, 1.82) is 0 Å². The summed E-state index contributed by atoms with van der Waals surface area (Å²) in [6.45, 7) is 3.88. The summed E-state index contributed by atoms with van der Waals surface area (Å²) in [5.74, 6) is 0.191. The maximum Gasteiger partial charge on any atom is 0.246 e. The van der Waals surface area contributed by atoms with Crippen molar-refractivity contribution < 1.29 is 14.3 Å². The third-order valence-corrected chi connectivity index (χ3v) is 2.69. The Labute approximate surface area is 105 Å². The highest BCUT2D eigenvalue weighted by Gasteiger charge is 2.34. The van der Waals surface area contributed by atoms with Gasteiger partial charge in [0, 0.05) is 25.8 Å². The zero-order valence-electron chi connectivity index (χ0n) is 9.75. The van der Waals surface area contributed by atoms with E-state index in [0.29, 0.717) is 35.1 Å². The first-order valence-electron chi connectivity index (χ1n) is 5.38. The number of nitrogens with two attached hydrogens (primary N) is 1. The zero-order chi connectivity index (χ0) is 12.6. The van der Waals surface area contributed by atoms with E-state index in [9.17, 15) is 4.79 Å². The third kappa shape index (κ3) is 2.37. The van der Waals surface area contributed by atoms with Crippen LogP contribution in [0.3, 0.4) is 0 Å². The van der Waals surface area contributed by atoms with Gasteiger partial charge in [0.05, 0.1) is 5.02 Å². The molecule has 0 bridgehead atoms. The van der Waals surface area contributed by atoms with Crippen molar-refractivity contribution in [2.24, 2.45) is 5.73 Å². The lowest BCUT2D eigenvalue weighted by molar-refractivity contribution is -0.0431. The Kier molecular flexibility index (Phi) is 3.02. The van der Waals surface area contributed by atoms with Crippen LogP contribution in [0.1, 0.15) is 30.6 Å². The average molecular weight is 256 g/mol. The molecule has 0 atom stereocenters. The molecule has 2 rings (SSSR count). The third-order valence-electron chi connectivity index (χ3n) is 2.41. The van der Waals surface area contributed by atoms with E-state index in [1.54, 1.807) is 26.0 Å². The Morgan fingerprint density at radius 2 is 2.12 bits per heavy atom. The highest BCUT2D eigenvalue weighted by molar-refractivity contribution is 6.32. The normalized spacial score (nSPS) is 16.0. The van der Waals surface area contributed by atoms with Gasteiger partial charge in [0.25, 0.3) is 0 Å². The average Bonchev–Trinajstić information content (AvgIpc) is 2.53. The van der Waals surface area contributed by atoms with Crippen molar-refractivity contribution in [2.45, 2.75) is 26.1 Å². The number of carbonyl (C=O) groups excluding carboxylic acids is 1. The molecule has 17 heavy (non-hydrogen) atoms. The summed E-state index contributed by atoms with van der Waals surface area (Å²) in [5, 5.41) is 0.383. The minimum absolute atomic E-state index is 0.0505. The summed E-state index contributed by atoms with van der Waals surface area (Å²) in [5.41, 5.74) is 5.85. The van der Waals surface area contributed by atoms with Gasteiger partial charge < -0.3 is 15.2 Å². The number of hydrogen-bond donors (Lipinski definition) is 1. The smallest absolute Gasteiger partial charge is 0.246 e. The van der Waals surface area contributed by atoms with Crippen LogP contribution in [0.5, 0.6) is 11.5 Å². The highest BCUT2D eigenvalue weighted by atomic mass is 35.5. The zero-order valence-corrected chi connectivity index (χ0v) is 10.5. The topological polar surface area (TPSA) is 61.5 Å². The number of hydrogen-bond acceptors (Lipinski definition) is 4. The fourth-order valence-electron chi connectivity index (χ4n) is 1.71. The van der Waals surface area contributed by atoms with E-state index in [4.69, 9.17) is 26.8 Å². The van der Waals surface area contributed by atoms with E-state index in [2.05, 4.69) is 0 Å². The summed E-state index contributed by atoms with van der Waals surface area (Å²) < 4.78 is 11.1. The molecule has 0 spiro atoms. The number of ketones is 1. The monoisotopic (exact) mass is 255 g/mol. The Hall–Kier alpha value is -1.26. The van der Waals surface area contributed by atoms with Gasteiger partial charge >= 0.3 is 0 Å². The Bertz CT molecular complexity index is 471. The fourth-order valence-corrected chi connectivity index (χ4v) is 1.96. The molecule has 0 aliphatic carbocycles. The van der Waals surface area contributed by atoms with Gasteiger partial charge in [0.15, 0.2) is 17.3 Å². The highest BCUT2D eigenvalue weighted by Crippen LogP contribution is 2.45. The van der Waals surface area contributed by atoms with E-state index in [0.717, 1.165) is 0 Å². The number of halogens is 1. The molecule has 92 valence electrons. The molecule has 0 unspecified atom stereocenters. The lowest BCUT2D eigenvalue weighted by atomic mass is 10.1. The van der Waals surface area contributed by atoms with E-state index in [-0.39, 0.29) is 5.78 Å². The molecule has 0 saturated heterocycles. The van der Waals surface area contributed by atoms with Crippen molar-refractivity contribution in [1.82, 2.24) is 0 Å². The van der Waals surface area contributed by atoms with E-state index >= 15 is 0 Å². The number of carbonyl (C=O) groups is 1. The molecule has 1 aliphatic heterocycles. The van der Waals surface area contributed by atoms with E-state index < -0.39 is 5.79 Å². The predicted molar refractivity (Wildman–Crippen MR) is 64.8 cm³/mol. The van der Waals surface area contributed by atoms with Crippen molar-refractivity contribution in [3.63, 3.8) is 0 Å². The first-order valence-corrected chi connectivity index (χ1v) is 5.75. The molecule has 4 nitrogen and oxygen atoms in total. The molecule has 0 amide bonds. The van der Waals surface area contributed by atoms with Crippen molar-refractivity contribution in [3.05, 3.63) is 22.7 Å². The van der Waals surface area contributed by atoms with Crippen molar-refractivity contribution in [2.75, 3.05) is 6.54 Å². The van der Waals surface area contributed by atoms with E-state index in [1.165, 1.54) is 0 Å².